The molecule has 1 atom stereocenters. The van der Waals surface area contributed by atoms with Gasteiger partial charge < -0.3 is 15.1 Å². The maximum atomic E-state index is 11.7. The van der Waals surface area contributed by atoms with E-state index >= 15 is 0 Å². The van der Waals surface area contributed by atoms with Crippen molar-refractivity contribution in [3.05, 3.63) is 23.2 Å². The van der Waals surface area contributed by atoms with E-state index in [1.165, 1.54) is 0 Å². The molecule has 0 aromatic carbocycles. The van der Waals surface area contributed by atoms with E-state index in [2.05, 4.69) is 10.6 Å². The molecule has 0 aliphatic rings. The van der Waals surface area contributed by atoms with Gasteiger partial charge in [0.15, 0.2) is 5.76 Å². The molecule has 1 unspecified atom stereocenters. The van der Waals surface area contributed by atoms with Gasteiger partial charge >= 0.3 is 0 Å². The third-order valence-corrected chi connectivity index (χ3v) is 2.31. The molecule has 0 radical (unpaired) electrons. The first kappa shape index (κ1) is 15.0. The van der Waals surface area contributed by atoms with E-state index in [4.69, 9.17) is 4.42 Å². The number of hydrogen-bond acceptors (Lipinski definition) is 3. The van der Waals surface area contributed by atoms with E-state index in [9.17, 15) is 4.79 Å². The second-order valence-corrected chi connectivity index (χ2v) is 3.77. The van der Waals surface area contributed by atoms with Crippen LogP contribution in [0, 0.1) is 13.8 Å². The lowest BCUT2D eigenvalue weighted by atomic mass is 10.2. The summed E-state index contributed by atoms with van der Waals surface area (Å²) in [5, 5.41) is 5.85. The maximum absolute atomic E-state index is 11.7. The van der Waals surface area contributed by atoms with Gasteiger partial charge in [-0.15, -0.1) is 12.4 Å². The predicted molar refractivity (Wildman–Crippen MR) is 66.3 cm³/mol. The summed E-state index contributed by atoms with van der Waals surface area (Å²) in [6.07, 6.45) is 0. The second-order valence-electron chi connectivity index (χ2n) is 3.77. The molecule has 5 heteroatoms. The molecular formula is C11H19ClN2O2. The summed E-state index contributed by atoms with van der Waals surface area (Å²) in [5.41, 5.74) is 0.877. The van der Waals surface area contributed by atoms with Crippen LogP contribution in [0.25, 0.3) is 0 Å². The summed E-state index contributed by atoms with van der Waals surface area (Å²) in [6.45, 7) is 6.29. The van der Waals surface area contributed by atoms with Gasteiger partial charge in [-0.05, 0) is 33.9 Å². The molecule has 0 aliphatic carbocycles. The third kappa shape index (κ3) is 3.87. The number of likely N-dealkylation sites (N-methyl/N-ethyl adjacent to an activating group) is 1. The number of carbonyl (C=O) groups excluding carboxylic acids is 1. The van der Waals surface area contributed by atoms with Crippen molar-refractivity contribution in [3.63, 3.8) is 0 Å². The highest BCUT2D eigenvalue weighted by Crippen LogP contribution is 2.13. The molecule has 1 heterocycles. The fourth-order valence-corrected chi connectivity index (χ4v) is 1.29. The summed E-state index contributed by atoms with van der Waals surface area (Å²) in [6, 6.07) is 2.11. The van der Waals surface area contributed by atoms with E-state index in [0.717, 1.165) is 11.3 Å². The Kier molecular flexibility index (Phi) is 6.14. The largest absolute Gasteiger partial charge is 0.456 e. The highest BCUT2D eigenvalue weighted by atomic mass is 35.5. The molecule has 1 aromatic rings. The fourth-order valence-electron chi connectivity index (χ4n) is 1.29. The lowest BCUT2D eigenvalue weighted by molar-refractivity contribution is 0.0920. The fraction of sp³-hybridized carbons (Fsp3) is 0.545. The molecule has 0 bridgehead atoms. The van der Waals surface area contributed by atoms with Crippen LogP contribution in [0.3, 0.4) is 0 Å². The van der Waals surface area contributed by atoms with Crippen LogP contribution in [0.4, 0.5) is 0 Å². The third-order valence-electron chi connectivity index (χ3n) is 2.31. The molecule has 1 rings (SSSR count). The number of amides is 1. The van der Waals surface area contributed by atoms with Gasteiger partial charge in [-0.25, -0.2) is 0 Å². The summed E-state index contributed by atoms with van der Waals surface area (Å²) in [4.78, 5) is 11.7. The van der Waals surface area contributed by atoms with Crippen molar-refractivity contribution in [2.24, 2.45) is 0 Å². The zero-order chi connectivity index (χ0) is 11.4. The highest BCUT2D eigenvalue weighted by Gasteiger charge is 2.14. The Morgan fingerprint density at radius 2 is 2.12 bits per heavy atom. The minimum absolute atomic E-state index is 0. The second kappa shape index (κ2) is 6.55. The van der Waals surface area contributed by atoms with Crippen LogP contribution >= 0.6 is 12.4 Å². The lowest BCUT2D eigenvalue weighted by Gasteiger charge is -2.10. The monoisotopic (exact) mass is 246 g/mol. The Labute approximate surface area is 102 Å². The first-order chi connectivity index (χ1) is 7.04. The van der Waals surface area contributed by atoms with Gasteiger partial charge in [-0.3, -0.25) is 4.79 Å². The number of furan rings is 1. The van der Waals surface area contributed by atoms with Crippen molar-refractivity contribution in [3.8, 4) is 0 Å². The minimum atomic E-state index is -0.150. The Balaban J connectivity index is 0.00000225. The van der Waals surface area contributed by atoms with Crippen LogP contribution in [0.5, 0.6) is 0 Å². The number of nitrogens with one attached hydrogen (secondary N) is 2. The summed E-state index contributed by atoms with van der Waals surface area (Å²) in [7, 11) is 1.86. The first-order valence-electron chi connectivity index (χ1n) is 5.07. The van der Waals surface area contributed by atoms with Gasteiger partial charge in [-0.1, -0.05) is 0 Å². The Hall–Kier alpha value is -1.00. The smallest absolute Gasteiger partial charge is 0.287 e. The number of halogens is 1. The minimum Gasteiger partial charge on any atom is -0.456 e. The van der Waals surface area contributed by atoms with Crippen molar-refractivity contribution in [1.82, 2.24) is 10.6 Å². The first-order valence-corrected chi connectivity index (χ1v) is 5.07. The van der Waals surface area contributed by atoms with Crippen LogP contribution in [0.1, 0.15) is 28.8 Å². The Bertz CT molecular complexity index is 350. The normalized spacial score (nSPS) is 11.8. The zero-order valence-electron chi connectivity index (χ0n) is 10.1. The highest BCUT2D eigenvalue weighted by molar-refractivity contribution is 5.92. The molecule has 0 saturated carbocycles. The topological polar surface area (TPSA) is 54.3 Å². The Morgan fingerprint density at radius 3 is 2.56 bits per heavy atom. The van der Waals surface area contributed by atoms with Gasteiger partial charge in [0.05, 0.1) is 0 Å². The van der Waals surface area contributed by atoms with Crippen LogP contribution < -0.4 is 10.6 Å². The Morgan fingerprint density at radius 1 is 1.50 bits per heavy atom. The van der Waals surface area contributed by atoms with Crippen LogP contribution in [0.2, 0.25) is 0 Å². The SMILES string of the molecule is CNC(C)CNC(=O)c1oc(C)cc1C.Cl. The molecule has 1 amide bonds. The van der Waals surface area contributed by atoms with Gasteiger partial charge in [-0.2, -0.15) is 0 Å². The number of hydrogen-bond donors (Lipinski definition) is 2. The molecule has 2 N–H and O–H groups in total. The molecule has 4 nitrogen and oxygen atoms in total. The van der Waals surface area contributed by atoms with Crippen LogP contribution in [0.15, 0.2) is 10.5 Å². The van der Waals surface area contributed by atoms with E-state index in [-0.39, 0.29) is 24.4 Å². The van der Waals surface area contributed by atoms with Gasteiger partial charge in [0, 0.05) is 18.2 Å². The van der Waals surface area contributed by atoms with Crippen molar-refractivity contribution in [2.45, 2.75) is 26.8 Å². The predicted octanol–water partition coefficient (Wildman–Crippen LogP) is 1.66. The number of aryl methyl sites for hydroxylation is 2. The summed E-state index contributed by atoms with van der Waals surface area (Å²) < 4.78 is 5.31. The summed E-state index contributed by atoms with van der Waals surface area (Å²) in [5.74, 6) is 1.03. The molecule has 0 aliphatic heterocycles. The van der Waals surface area contributed by atoms with E-state index in [0.29, 0.717) is 12.3 Å². The molecular weight excluding hydrogens is 228 g/mol. The molecule has 92 valence electrons. The molecule has 1 aromatic heterocycles. The quantitative estimate of drug-likeness (QED) is 0.850. The molecule has 0 saturated heterocycles. The van der Waals surface area contributed by atoms with Crippen molar-refractivity contribution < 1.29 is 9.21 Å². The average Bonchev–Trinajstić information content (AvgIpc) is 2.53. The molecule has 16 heavy (non-hydrogen) atoms. The van der Waals surface area contributed by atoms with E-state index in [1.54, 1.807) is 0 Å². The number of rotatable bonds is 4. The standard InChI is InChI=1S/C11H18N2O2.ClH/c1-7-5-9(3)15-10(7)11(14)13-6-8(2)12-4;/h5,8,12H,6H2,1-4H3,(H,13,14);1H. The maximum Gasteiger partial charge on any atom is 0.287 e. The average molecular weight is 247 g/mol. The summed E-state index contributed by atoms with van der Waals surface area (Å²) >= 11 is 0. The van der Waals surface area contributed by atoms with Gasteiger partial charge in [0.25, 0.3) is 5.91 Å². The van der Waals surface area contributed by atoms with Gasteiger partial charge in [0.1, 0.15) is 5.76 Å². The zero-order valence-corrected chi connectivity index (χ0v) is 10.9. The van der Waals surface area contributed by atoms with Crippen molar-refractivity contribution in [2.75, 3.05) is 13.6 Å². The number of carbonyl (C=O) groups is 1. The van der Waals surface area contributed by atoms with E-state index < -0.39 is 0 Å². The van der Waals surface area contributed by atoms with E-state index in [1.807, 2.05) is 33.9 Å². The van der Waals surface area contributed by atoms with Crippen molar-refractivity contribution >= 4 is 18.3 Å². The van der Waals surface area contributed by atoms with Gasteiger partial charge in [0.2, 0.25) is 0 Å². The van der Waals surface area contributed by atoms with Crippen LogP contribution in [-0.4, -0.2) is 25.5 Å². The van der Waals surface area contributed by atoms with Crippen molar-refractivity contribution in [1.29, 1.82) is 0 Å². The molecule has 0 fully saturated rings. The molecule has 0 spiro atoms. The van der Waals surface area contributed by atoms with Crippen LogP contribution in [-0.2, 0) is 0 Å². The lowest BCUT2D eigenvalue weighted by Crippen LogP contribution is -2.37.